The van der Waals surface area contributed by atoms with Crippen LogP contribution in [0.25, 0.3) is 0 Å². The summed E-state index contributed by atoms with van der Waals surface area (Å²) >= 11 is 0. The smallest absolute Gasteiger partial charge is 0.0409 e. The van der Waals surface area contributed by atoms with Crippen molar-refractivity contribution in [1.29, 1.82) is 0 Å². The molecule has 1 aromatic carbocycles. The van der Waals surface area contributed by atoms with Crippen molar-refractivity contribution in [3.05, 3.63) is 64.5 Å². The molecule has 1 aromatic heterocycles. The van der Waals surface area contributed by atoms with Crippen LogP contribution in [0.3, 0.4) is 0 Å². The Labute approximate surface area is 189 Å². The maximum atomic E-state index is 4.85. The van der Waals surface area contributed by atoms with E-state index in [1.165, 1.54) is 53.8 Å². The average molecular weight is 420 g/mol. The highest BCUT2D eigenvalue weighted by molar-refractivity contribution is 5.35. The van der Waals surface area contributed by atoms with Crippen LogP contribution in [0, 0.1) is 11.8 Å². The van der Waals surface area contributed by atoms with E-state index in [1.807, 2.05) is 0 Å². The highest BCUT2D eigenvalue weighted by atomic mass is 14.9. The van der Waals surface area contributed by atoms with Gasteiger partial charge in [0.05, 0.1) is 0 Å². The van der Waals surface area contributed by atoms with Crippen molar-refractivity contribution in [1.82, 2.24) is 15.6 Å². The van der Waals surface area contributed by atoms with Crippen molar-refractivity contribution < 1.29 is 0 Å². The van der Waals surface area contributed by atoms with Crippen molar-refractivity contribution in [2.75, 3.05) is 13.1 Å². The molecule has 0 amide bonds. The molecule has 4 rings (SSSR count). The van der Waals surface area contributed by atoms with Gasteiger partial charge in [0.1, 0.15) is 0 Å². The number of pyridine rings is 1. The van der Waals surface area contributed by atoms with Crippen LogP contribution in [-0.2, 0) is 19.4 Å². The second kappa shape index (κ2) is 10.3. The van der Waals surface area contributed by atoms with E-state index in [0.717, 1.165) is 37.8 Å². The summed E-state index contributed by atoms with van der Waals surface area (Å²) in [5.74, 6) is 2.70. The lowest BCUT2D eigenvalue weighted by Gasteiger charge is -2.33. The highest BCUT2D eigenvalue weighted by Gasteiger charge is 2.24. The molecular weight excluding hydrogens is 378 g/mol. The minimum Gasteiger partial charge on any atom is -0.314 e. The van der Waals surface area contributed by atoms with Gasteiger partial charge in [0, 0.05) is 24.5 Å². The highest BCUT2D eigenvalue weighted by Crippen LogP contribution is 2.28. The third kappa shape index (κ3) is 5.75. The average Bonchev–Trinajstić information content (AvgIpc) is 2.79. The van der Waals surface area contributed by atoms with Gasteiger partial charge in [-0.3, -0.25) is 4.98 Å². The number of aromatic nitrogens is 1. The molecule has 4 atom stereocenters. The molecular formula is C28H41N3. The van der Waals surface area contributed by atoms with E-state index in [-0.39, 0.29) is 0 Å². The lowest BCUT2D eigenvalue weighted by atomic mass is 9.83. The number of nitrogens with one attached hydrogen (secondary N) is 2. The number of hydrogen-bond acceptors (Lipinski definition) is 3. The Morgan fingerprint density at radius 2 is 1.81 bits per heavy atom. The fraction of sp³-hybridized carbons (Fsp3) is 0.607. The molecule has 0 saturated carbocycles. The van der Waals surface area contributed by atoms with Gasteiger partial charge in [0.2, 0.25) is 0 Å². The van der Waals surface area contributed by atoms with E-state index >= 15 is 0 Å². The maximum Gasteiger partial charge on any atom is 0.0409 e. The van der Waals surface area contributed by atoms with Gasteiger partial charge >= 0.3 is 0 Å². The zero-order valence-electron chi connectivity index (χ0n) is 20.0. The Morgan fingerprint density at radius 1 is 0.968 bits per heavy atom. The SMILES string of the molecule is CC(Cc1ccc(C(C)CC2CCC(C(C)C)CN2)cn1)c1ccc2c(c1)CCNC2. The summed E-state index contributed by atoms with van der Waals surface area (Å²) in [6.45, 7) is 12.7. The number of fused-ring (bicyclic) bond motifs is 1. The first kappa shape index (κ1) is 22.5. The summed E-state index contributed by atoms with van der Waals surface area (Å²) in [5.41, 5.74) is 7.02. The Morgan fingerprint density at radius 3 is 2.52 bits per heavy atom. The van der Waals surface area contributed by atoms with E-state index in [9.17, 15) is 0 Å². The zero-order chi connectivity index (χ0) is 21.8. The van der Waals surface area contributed by atoms with Gasteiger partial charge in [-0.1, -0.05) is 52.0 Å². The van der Waals surface area contributed by atoms with Crippen LogP contribution in [0.15, 0.2) is 36.5 Å². The Bertz CT molecular complexity index is 834. The largest absolute Gasteiger partial charge is 0.314 e. The molecule has 2 aliphatic heterocycles. The number of nitrogens with zero attached hydrogens (tertiary/aromatic N) is 1. The molecule has 4 unspecified atom stereocenters. The zero-order valence-corrected chi connectivity index (χ0v) is 20.0. The summed E-state index contributed by atoms with van der Waals surface area (Å²) < 4.78 is 0. The van der Waals surface area contributed by atoms with Crippen LogP contribution >= 0.6 is 0 Å². The summed E-state index contributed by atoms with van der Waals surface area (Å²) in [7, 11) is 0. The minimum atomic E-state index is 0.497. The lowest BCUT2D eigenvalue weighted by molar-refractivity contribution is 0.242. The lowest BCUT2D eigenvalue weighted by Crippen LogP contribution is -2.41. The van der Waals surface area contributed by atoms with Crippen molar-refractivity contribution in [2.45, 2.75) is 84.2 Å². The Kier molecular flexibility index (Phi) is 7.45. The molecule has 0 spiro atoms. The fourth-order valence-electron chi connectivity index (χ4n) is 5.35. The van der Waals surface area contributed by atoms with Crippen LogP contribution < -0.4 is 10.6 Å². The quantitative estimate of drug-likeness (QED) is 0.614. The fourth-order valence-corrected chi connectivity index (χ4v) is 5.35. The van der Waals surface area contributed by atoms with E-state index in [1.54, 1.807) is 0 Å². The minimum absolute atomic E-state index is 0.497. The van der Waals surface area contributed by atoms with E-state index < -0.39 is 0 Å². The molecule has 0 aliphatic carbocycles. The van der Waals surface area contributed by atoms with E-state index in [2.05, 4.69) is 74.9 Å². The van der Waals surface area contributed by atoms with Crippen molar-refractivity contribution >= 4 is 0 Å². The number of piperidine rings is 1. The summed E-state index contributed by atoms with van der Waals surface area (Å²) in [4.78, 5) is 4.85. The first-order chi connectivity index (χ1) is 15.0. The number of benzene rings is 1. The van der Waals surface area contributed by atoms with Gasteiger partial charge in [-0.05, 0) is 97.2 Å². The first-order valence-electron chi connectivity index (χ1n) is 12.5. The first-order valence-corrected chi connectivity index (χ1v) is 12.5. The molecule has 2 aromatic rings. The molecule has 2 aliphatic rings. The molecule has 0 radical (unpaired) electrons. The van der Waals surface area contributed by atoms with Crippen LogP contribution in [-0.4, -0.2) is 24.1 Å². The molecule has 1 saturated heterocycles. The van der Waals surface area contributed by atoms with Gasteiger partial charge in [-0.2, -0.15) is 0 Å². The van der Waals surface area contributed by atoms with Gasteiger partial charge in [0.15, 0.2) is 0 Å². The number of rotatable bonds is 7. The number of hydrogen-bond donors (Lipinski definition) is 2. The molecule has 3 heterocycles. The molecule has 168 valence electrons. The van der Waals surface area contributed by atoms with E-state index in [0.29, 0.717) is 17.9 Å². The van der Waals surface area contributed by atoms with Crippen LogP contribution in [0.2, 0.25) is 0 Å². The summed E-state index contributed by atoms with van der Waals surface area (Å²) in [6, 6.07) is 12.3. The second-order valence-electron chi connectivity index (χ2n) is 10.5. The molecule has 3 nitrogen and oxygen atoms in total. The Hall–Kier alpha value is -1.71. The third-order valence-electron chi connectivity index (χ3n) is 7.75. The third-order valence-corrected chi connectivity index (χ3v) is 7.75. The summed E-state index contributed by atoms with van der Waals surface area (Å²) in [5, 5.41) is 7.27. The molecule has 2 N–H and O–H groups in total. The monoisotopic (exact) mass is 419 g/mol. The maximum absolute atomic E-state index is 4.85. The second-order valence-corrected chi connectivity index (χ2v) is 10.5. The van der Waals surface area contributed by atoms with Gasteiger partial charge in [-0.25, -0.2) is 0 Å². The van der Waals surface area contributed by atoms with Crippen molar-refractivity contribution in [3.63, 3.8) is 0 Å². The van der Waals surface area contributed by atoms with Gasteiger partial charge in [-0.15, -0.1) is 0 Å². The van der Waals surface area contributed by atoms with Crippen LogP contribution in [0.5, 0.6) is 0 Å². The predicted molar refractivity (Wildman–Crippen MR) is 131 cm³/mol. The van der Waals surface area contributed by atoms with Gasteiger partial charge < -0.3 is 10.6 Å². The Balaban J connectivity index is 1.30. The normalized spacial score (nSPS) is 23.4. The van der Waals surface area contributed by atoms with Crippen molar-refractivity contribution in [3.8, 4) is 0 Å². The van der Waals surface area contributed by atoms with Crippen molar-refractivity contribution in [2.24, 2.45) is 11.8 Å². The standard InChI is InChI=1S/C28H41N3/c1-19(2)24-7-9-27(30-17-24)14-21(4)25-8-10-28(31-18-25)13-20(3)22-5-6-26-16-29-12-11-23(26)15-22/h5-6,8,10,15,18-21,24,27,29-30H,7,9,11-14,16-17H2,1-4H3. The molecule has 1 fully saturated rings. The topological polar surface area (TPSA) is 37.0 Å². The molecule has 0 bridgehead atoms. The van der Waals surface area contributed by atoms with E-state index in [4.69, 9.17) is 4.98 Å². The van der Waals surface area contributed by atoms with Crippen LogP contribution in [0.1, 0.15) is 86.7 Å². The van der Waals surface area contributed by atoms with Gasteiger partial charge in [0.25, 0.3) is 0 Å². The summed E-state index contributed by atoms with van der Waals surface area (Å²) in [6.07, 6.45) is 8.18. The van der Waals surface area contributed by atoms with Crippen LogP contribution in [0.4, 0.5) is 0 Å². The molecule has 3 heteroatoms. The molecule has 31 heavy (non-hydrogen) atoms. The predicted octanol–water partition coefficient (Wildman–Crippen LogP) is 5.59.